The summed E-state index contributed by atoms with van der Waals surface area (Å²) in [5.74, 6) is 1.58. The number of nitrogens with one attached hydrogen (secondary N) is 1. The minimum atomic E-state index is -0.908. The van der Waals surface area contributed by atoms with E-state index in [9.17, 15) is 10.2 Å². The van der Waals surface area contributed by atoms with Crippen LogP contribution in [0.1, 0.15) is 47.8 Å². The van der Waals surface area contributed by atoms with Crippen LogP contribution in [0.15, 0.2) is 36.4 Å². The summed E-state index contributed by atoms with van der Waals surface area (Å²) < 4.78 is 6.60. The third-order valence-electron chi connectivity index (χ3n) is 9.07. The maximum Gasteiger partial charge on any atom is 0.166 e. The average Bonchev–Trinajstić information content (AvgIpc) is 3.40. The van der Waals surface area contributed by atoms with Crippen molar-refractivity contribution in [1.29, 1.82) is 0 Å². The van der Waals surface area contributed by atoms with Crippen LogP contribution in [0.25, 0.3) is 10.9 Å². The lowest BCUT2D eigenvalue weighted by Crippen LogP contribution is -2.74. The van der Waals surface area contributed by atoms with E-state index in [0.717, 1.165) is 48.6 Å². The second-order valence-electron chi connectivity index (χ2n) is 10.5. The van der Waals surface area contributed by atoms with Crippen LogP contribution in [-0.2, 0) is 18.3 Å². The van der Waals surface area contributed by atoms with Crippen LogP contribution in [0.5, 0.6) is 11.5 Å². The summed E-state index contributed by atoms with van der Waals surface area (Å²) in [6.07, 6.45) is 4.66. The van der Waals surface area contributed by atoms with Gasteiger partial charge in [0.15, 0.2) is 17.6 Å². The van der Waals surface area contributed by atoms with Gasteiger partial charge in [0.05, 0.1) is 16.7 Å². The predicted molar refractivity (Wildman–Crippen MR) is 117 cm³/mol. The number of aromatic nitrogens is 1. The summed E-state index contributed by atoms with van der Waals surface area (Å²) in [5, 5.41) is 24.6. The molecule has 5 aliphatic rings. The molecule has 2 fully saturated rings. The predicted octanol–water partition coefficient (Wildman–Crippen LogP) is 3.57. The zero-order valence-corrected chi connectivity index (χ0v) is 17.4. The van der Waals surface area contributed by atoms with Crippen LogP contribution >= 0.6 is 0 Å². The number of likely N-dealkylation sites (tertiary alicyclic amines) is 1. The molecular formula is C26H26N2O3. The summed E-state index contributed by atoms with van der Waals surface area (Å²) in [6.45, 7) is 2.07. The average molecular weight is 415 g/mol. The van der Waals surface area contributed by atoms with Gasteiger partial charge in [0.25, 0.3) is 0 Å². The summed E-state index contributed by atoms with van der Waals surface area (Å²) >= 11 is 0. The van der Waals surface area contributed by atoms with Gasteiger partial charge >= 0.3 is 0 Å². The van der Waals surface area contributed by atoms with E-state index in [4.69, 9.17) is 4.74 Å². The Kier molecular flexibility index (Phi) is 2.91. The van der Waals surface area contributed by atoms with Crippen molar-refractivity contribution in [3.8, 4) is 11.5 Å². The van der Waals surface area contributed by atoms with Crippen LogP contribution < -0.4 is 4.74 Å². The number of rotatable bonds is 2. The van der Waals surface area contributed by atoms with E-state index in [1.54, 1.807) is 6.07 Å². The van der Waals surface area contributed by atoms with E-state index in [1.807, 2.05) is 6.07 Å². The molecule has 0 radical (unpaired) electrons. The van der Waals surface area contributed by atoms with Gasteiger partial charge in [-0.25, -0.2) is 0 Å². The highest BCUT2D eigenvalue weighted by Gasteiger charge is 2.72. The first-order valence-electron chi connectivity index (χ1n) is 11.7. The lowest BCUT2D eigenvalue weighted by molar-refractivity contribution is -0.173. The highest BCUT2D eigenvalue weighted by Crippen LogP contribution is 2.69. The Labute approximate surface area is 180 Å². The van der Waals surface area contributed by atoms with Crippen LogP contribution in [0, 0.1) is 5.92 Å². The maximum atomic E-state index is 12.7. The van der Waals surface area contributed by atoms with Crippen molar-refractivity contribution in [2.45, 2.75) is 55.3 Å². The monoisotopic (exact) mass is 414 g/mol. The standard InChI is InChI=1S/C26H26N2O3/c29-19-8-7-15-11-20-26(30)12-17-16-3-1-2-4-18(16)27-22(17)24-25(26,21(15)23(19)31-24)9-10-28(20)13-14-5-6-14/h1-4,7-8,14,20,24,27,29-30H,5-6,9-13H2/t20-,24-,25-,26+/m0/s1. The number of phenolic OH excluding ortho intramolecular Hbond substituents is 1. The molecule has 1 saturated carbocycles. The molecule has 3 heterocycles. The number of ether oxygens (including phenoxy) is 1. The number of aliphatic hydroxyl groups is 1. The fourth-order valence-corrected chi connectivity index (χ4v) is 7.57. The van der Waals surface area contributed by atoms with Gasteiger partial charge in [-0.1, -0.05) is 24.3 Å². The Balaban J connectivity index is 1.43. The number of aromatic amines is 1. The van der Waals surface area contributed by atoms with Crippen LogP contribution in [0.3, 0.4) is 0 Å². The molecule has 8 rings (SSSR count). The lowest BCUT2D eigenvalue weighted by atomic mass is 9.49. The van der Waals surface area contributed by atoms with Gasteiger partial charge in [0.1, 0.15) is 0 Å². The van der Waals surface area contributed by atoms with E-state index in [2.05, 4.69) is 34.1 Å². The molecule has 1 aromatic heterocycles. The molecule has 158 valence electrons. The second kappa shape index (κ2) is 5.28. The molecule has 5 nitrogen and oxygen atoms in total. The Morgan fingerprint density at radius 1 is 1.16 bits per heavy atom. The molecule has 2 bridgehead atoms. The number of phenols is 1. The van der Waals surface area contributed by atoms with Crippen LogP contribution in [0.2, 0.25) is 0 Å². The molecule has 3 aliphatic carbocycles. The number of piperidine rings is 1. The van der Waals surface area contributed by atoms with E-state index >= 15 is 0 Å². The number of para-hydroxylation sites is 1. The smallest absolute Gasteiger partial charge is 0.166 e. The number of H-pyrrole nitrogens is 1. The zero-order valence-electron chi connectivity index (χ0n) is 17.4. The quantitative estimate of drug-likeness (QED) is 0.600. The Bertz CT molecular complexity index is 1280. The number of fused-ring (bicyclic) bond motifs is 4. The van der Waals surface area contributed by atoms with E-state index in [-0.39, 0.29) is 17.9 Å². The van der Waals surface area contributed by atoms with Crippen LogP contribution in [0.4, 0.5) is 0 Å². The van der Waals surface area contributed by atoms with Crippen molar-refractivity contribution in [2.24, 2.45) is 5.92 Å². The summed E-state index contributed by atoms with van der Waals surface area (Å²) in [4.78, 5) is 6.22. The first kappa shape index (κ1) is 17.1. The molecule has 2 aliphatic heterocycles. The second-order valence-corrected chi connectivity index (χ2v) is 10.5. The highest BCUT2D eigenvalue weighted by atomic mass is 16.5. The summed E-state index contributed by atoms with van der Waals surface area (Å²) in [7, 11) is 0. The number of aromatic hydroxyl groups is 1. The van der Waals surface area contributed by atoms with Gasteiger partial charge < -0.3 is 19.9 Å². The Hall–Kier alpha value is -2.50. The SMILES string of the molecule is Oc1ccc2c3c1O[C@H]1c4[nH]c5ccccc5c4C[C@@]4(O)[C@H](C2)N(CC2CC2)CC[C@]314. The van der Waals surface area contributed by atoms with E-state index < -0.39 is 11.0 Å². The molecule has 2 aromatic carbocycles. The number of nitrogens with zero attached hydrogens (tertiary/aromatic N) is 1. The maximum absolute atomic E-state index is 12.7. The van der Waals surface area contributed by atoms with Gasteiger partial charge in [-0.15, -0.1) is 0 Å². The Morgan fingerprint density at radius 3 is 2.90 bits per heavy atom. The number of hydrogen-bond acceptors (Lipinski definition) is 4. The molecule has 0 amide bonds. The lowest BCUT2D eigenvalue weighted by Gasteiger charge is -2.62. The van der Waals surface area contributed by atoms with Crippen molar-refractivity contribution in [3.05, 3.63) is 58.8 Å². The third-order valence-corrected chi connectivity index (χ3v) is 9.07. The first-order chi connectivity index (χ1) is 15.1. The van der Waals surface area contributed by atoms with Crippen molar-refractivity contribution >= 4 is 10.9 Å². The molecule has 31 heavy (non-hydrogen) atoms. The van der Waals surface area contributed by atoms with Crippen molar-refractivity contribution < 1.29 is 14.9 Å². The number of hydrogen-bond donors (Lipinski definition) is 3. The fourth-order valence-electron chi connectivity index (χ4n) is 7.57. The third kappa shape index (κ3) is 1.84. The highest BCUT2D eigenvalue weighted by molar-refractivity contribution is 5.86. The molecule has 3 aromatic rings. The summed E-state index contributed by atoms with van der Waals surface area (Å²) in [5.41, 5.74) is 4.27. The first-order valence-corrected chi connectivity index (χ1v) is 11.7. The molecule has 5 heteroatoms. The van der Waals surface area contributed by atoms with Crippen molar-refractivity contribution in [3.63, 3.8) is 0 Å². The Morgan fingerprint density at radius 2 is 2.03 bits per heavy atom. The normalized spacial score (nSPS) is 35.0. The van der Waals surface area contributed by atoms with Gasteiger partial charge in [-0.3, -0.25) is 4.90 Å². The topological polar surface area (TPSA) is 68.7 Å². The largest absolute Gasteiger partial charge is 0.504 e. The van der Waals surface area contributed by atoms with Gasteiger partial charge in [0.2, 0.25) is 0 Å². The van der Waals surface area contributed by atoms with Gasteiger partial charge in [-0.2, -0.15) is 0 Å². The van der Waals surface area contributed by atoms with E-state index in [1.165, 1.54) is 29.4 Å². The molecule has 1 saturated heterocycles. The minimum absolute atomic E-state index is 0.0813. The van der Waals surface area contributed by atoms with Gasteiger partial charge in [0, 0.05) is 35.5 Å². The molecule has 1 spiro atoms. The van der Waals surface area contributed by atoms with E-state index in [0.29, 0.717) is 12.2 Å². The molecule has 0 unspecified atom stereocenters. The summed E-state index contributed by atoms with van der Waals surface area (Å²) in [6, 6.07) is 12.3. The molecule has 3 N–H and O–H groups in total. The zero-order chi connectivity index (χ0) is 20.5. The minimum Gasteiger partial charge on any atom is -0.504 e. The number of benzene rings is 2. The molecular weight excluding hydrogens is 388 g/mol. The van der Waals surface area contributed by atoms with Crippen LogP contribution in [-0.4, -0.2) is 44.8 Å². The van der Waals surface area contributed by atoms with Crippen molar-refractivity contribution in [2.75, 3.05) is 13.1 Å². The van der Waals surface area contributed by atoms with Gasteiger partial charge in [-0.05, 0) is 61.4 Å². The fraction of sp³-hybridized carbons (Fsp3) is 0.462. The molecule has 4 atom stereocenters. The van der Waals surface area contributed by atoms with Crippen molar-refractivity contribution in [1.82, 2.24) is 9.88 Å².